The molecule has 2 aliphatic carbocycles. The quantitative estimate of drug-likeness (QED) is 0.161. The highest BCUT2D eigenvalue weighted by Gasteiger charge is 2.49. The van der Waals surface area contributed by atoms with Gasteiger partial charge < -0.3 is 40.0 Å². The van der Waals surface area contributed by atoms with Crippen molar-refractivity contribution in [3.8, 4) is 11.5 Å². The summed E-state index contributed by atoms with van der Waals surface area (Å²) in [6.07, 6.45) is -13.4. The van der Waals surface area contributed by atoms with Crippen molar-refractivity contribution in [2.75, 3.05) is 11.9 Å². The van der Waals surface area contributed by atoms with E-state index in [1.54, 1.807) is 22.8 Å². The van der Waals surface area contributed by atoms with Crippen LogP contribution < -0.4 is 10.6 Å². The molecular weight excluding hydrogens is 677 g/mol. The molecule has 3 aliphatic rings. The zero-order valence-electron chi connectivity index (χ0n) is 25.4. The van der Waals surface area contributed by atoms with Gasteiger partial charge in [-0.3, -0.25) is 19.7 Å². The standard InChI is InChI=1S/C32H29F3N2O11S/c1-13-24(38)17(36-29(43)32(33,34)35)9-20(47-13)48-18-11-31(45,12-46-30(44)37-19-7-4-8-49-19)10-16-21(18)28(42)23-22(27(16)41)25(39)14-5-2-3-6-15(14)26(23)40/h2-8,13,17-18,20,24,38,41-42,45H,9-12H2,1H3,(H,36,43)(H,37,44)/t13-,17+,18+,20+,24+,31?/m1/s1. The van der Waals surface area contributed by atoms with Crippen LogP contribution in [0.3, 0.4) is 0 Å². The summed E-state index contributed by atoms with van der Waals surface area (Å²) in [6.45, 7) is 0.626. The fourth-order valence-corrected chi connectivity index (χ4v) is 6.99. The van der Waals surface area contributed by atoms with Crippen LogP contribution in [0.2, 0.25) is 0 Å². The number of halogens is 3. The maximum absolute atomic E-state index is 13.6. The van der Waals surface area contributed by atoms with Crippen LogP contribution in [0.25, 0.3) is 0 Å². The minimum Gasteiger partial charge on any atom is -0.507 e. The Labute approximate surface area is 279 Å². The fourth-order valence-electron chi connectivity index (χ4n) is 6.38. The molecule has 0 radical (unpaired) electrons. The molecule has 0 saturated carbocycles. The van der Waals surface area contributed by atoms with Gasteiger partial charge >= 0.3 is 18.2 Å². The lowest BCUT2D eigenvalue weighted by Gasteiger charge is -2.43. The number of aromatic hydroxyl groups is 2. The Morgan fingerprint density at radius 1 is 1.06 bits per heavy atom. The predicted octanol–water partition coefficient (Wildman–Crippen LogP) is 3.46. The molecule has 2 amide bonds. The average molecular weight is 707 g/mol. The monoisotopic (exact) mass is 706 g/mol. The summed E-state index contributed by atoms with van der Waals surface area (Å²) in [5.41, 5.74) is -3.57. The topological polar surface area (TPSA) is 201 Å². The molecule has 1 aliphatic heterocycles. The maximum Gasteiger partial charge on any atom is 0.471 e. The summed E-state index contributed by atoms with van der Waals surface area (Å²) in [7, 11) is 0. The predicted molar refractivity (Wildman–Crippen MR) is 162 cm³/mol. The van der Waals surface area contributed by atoms with Gasteiger partial charge in [0, 0.05) is 41.5 Å². The fraction of sp³-hybridized carbons (Fsp3) is 0.375. The number of hydrogen-bond acceptors (Lipinski definition) is 12. The number of amides is 2. The lowest BCUT2D eigenvalue weighted by molar-refractivity contribution is -0.252. The summed E-state index contributed by atoms with van der Waals surface area (Å²) in [6, 6.07) is 7.55. The number of phenolic OH excluding ortho intramolecular Hbond substituents is 2. The number of aliphatic hydroxyl groups excluding tert-OH is 1. The first-order chi connectivity index (χ1) is 23.1. The molecule has 3 aromatic rings. The second kappa shape index (κ2) is 12.7. The van der Waals surface area contributed by atoms with E-state index >= 15 is 0 Å². The Kier molecular flexibility index (Phi) is 8.91. The Morgan fingerprint density at radius 2 is 1.71 bits per heavy atom. The van der Waals surface area contributed by atoms with Crippen LogP contribution >= 0.6 is 11.3 Å². The third-order valence-corrected chi connectivity index (χ3v) is 9.45. The molecule has 2 aromatic carbocycles. The van der Waals surface area contributed by atoms with E-state index in [0.717, 1.165) is 0 Å². The van der Waals surface area contributed by atoms with E-state index in [0.29, 0.717) is 5.00 Å². The van der Waals surface area contributed by atoms with Crippen molar-refractivity contribution in [1.82, 2.24) is 5.32 Å². The molecule has 6 rings (SSSR count). The molecule has 49 heavy (non-hydrogen) atoms. The highest BCUT2D eigenvalue weighted by molar-refractivity contribution is 7.14. The van der Waals surface area contributed by atoms with Gasteiger partial charge in [0.2, 0.25) is 0 Å². The van der Waals surface area contributed by atoms with Gasteiger partial charge in [0.15, 0.2) is 17.9 Å². The van der Waals surface area contributed by atoms with Gasteiger partial charge in [-0.1, -0.05) is 24.3 Å². The van der Waals surface area contributed by atoms with Gasteiger partial charge in [-0.15, -0.1) is 11.3 Å². The number of aliphatic hydroxyl groups is 2. The number of nitrogens with one attached hydrogen (secondary N) is 2. The summed E-state index contributed by atoms with van der Waals surface area (Å²) in [5, 5.41) is 51.7. The van der Waals surface area contributed by atoms with Gasteiger partial charge in [0.05, 0.1) is 34.4 Å². The van der Waals surface area contributed by atoms with Crippen LogP contribution in [0.1, 0.15) is 68.8 Å². The molecule has 6 atom stereocenters. The largest absolute Gasteiger partial charge is 0.507 e. The van der Waals surface area contributed by atoms with E-state index in [2.05, 4.69) is 5.32 Å². The number of anilines is 1. The Hall–Kier alpha value is -4.55. The van der Waals surface area contributed by atoms with Crippen LogP contribution in [0, 0.1) is 0 Å². The van der Waals surface area contributed by atoms with Gasteiger partial charge in [-0.05, 0) is 24.4 Å². The molecule has 0 bridgehead atoms. The Balaban J connectivity index is 1.37. The SMILES string of the molecule is C[C@H]1O[C@@H](O[C@H]2CC(O)(COC(=O)Nc3cccs3)Cc3c(O)c4c(c(O)c32)C(=O)c2ccccc2C4=O)C[C@H](NC(=O)C(F)(F)F)[C@H]1O. The number of carbonyl (C=O) groups excluding carboxylic acids is 4. The molecular formula is C32H29F3N2O11S. The second-order valence-corrected chi connectivity index (χ2v) is 13.0. The normalized spacial score (nSPS) is 26.3. The third-order valence-electron chi connectivity index (χ3n) is 8.67. The number of rotatable bonds is 6. The zero-order chi connectivity index (χ0) is 35.4. The first-order valence-corrected chi connectivity index (χ1v) is 15.8. The van der Waals surface area contributed by atoms with Crippen molar-refractivity contribution in [2.45, 2.75) is 68.6 Å². The summed E-state index contributed by atoms with van der Waals surface area (Å²) >= 11 is 1.20. The van der Waals surface area contributed by atoms with E-state index in [4.69, 9.17) is 14.2 Å². The van der Waals surface area contributed by atoms with E-state index < -0.39 is 114 Å². The van der Waals surface area contributed by atoms with Crippen LogP contribution in [-0.4, -0.2) is 86.9 Å². The lowest BCUT2D eigenvalue weighted by Crippen LogP contribution is -2.57. The van der Waals surface area contributed by atoms with Crippen LogP contribution in [0.15, 0.2) is 41.8 Å². The highest BCUT2D eigenvalue weighted by atomic mass is 32.1. The Bertz CT molecular complexity index is 1830. The number of benzene rings is 2. The second-order valence-electron chi connectivity index (χ2n) is 12.0. The molecule has 0 spiro atoms. The number of thiophene rings is 1. The van der Waals surface area contributed by atoms with Crippen LogP contribution in [-0.2, 0) is 25.4 Å². The third kappa shape index (κ3) is 6.47. The van der Waals surface area contributed by atoms with Crippen LogP contribution in [0.4, 0.5) is 23.0 Å². The van der Waals surface area contributed by atoms with Gasteiger partial charge in [0.25, 0.3) is 0 Å². The van der Waals surface area contributed by atoms with Crippen molar-refractivity contribution in [1.29, 1.82) is 0 Å². The van der Waals surface area contributed by atoms with Crippen molar-refractivity contribution in [3.63, 3.8) is 0 Å². The molecule has 260 valence electrons. The lowest BCUT2D eigenvalue weighted by atomic mass is 9.73. The van der Waals surface area contributed by atoms with Crippen molar-refractivity contribution in [3.05, 3.63) is 75.2 Å². The van der Waals surface area contributed by atoms with Gasteiger partial charge in [0.1, 0.15) is 29.8 Å². The number of ketones is 2. The first kappa shape index (κ1) is 34.3. The molecule has 2 heterocycles. The molecule has 1 fully saturated rings. The minimum absolute atomic E-state index is 0.0304. The molecule has 1 saturated heterocycles. The average Bonchev–Trinajstić information content (AvgIpc) is 3.55. The number of hydrogen-bond donors (Lipinski definition) is 6. The highest BCUT2D eigenvalue weighted by Crippen LogP contribution is 2.52. The number of carbonyl (C=O) groups is 4. The Morgan fingerprint density at radius 3 is 2.33 bits per heavy atom. The van der Waals surface area contributed by atoms with E-state index in [-0.39, 0.29) is 22.3 Å². The van der Waals surface area contributed by atoms with E-state index in [9.17, 15) is 52.8 Å². The molecule has 1 aromatic heterocycles. The van der Waals surface area contributed by atoms with Crippen molar-refractivity contribution < 1.29 is 67.0 Å². The summed E-state index contributed by atoms with van der Waals surface area (Å²) in [4.78, 5) is 51.3. The number of phenols is 2. The van der Waals surface area contributed by atoms with E-state index in [1.165, 1.54) is 42.5 Å². The first-order valence-electron chi connectivity index (χ1n) is 14.9. The summed E-state index contributed by atoms with van der Waals surface area (Å²) in [5.74, 6) is -5.36. The molecule has 6 N–H and O–H groups in total. The van der Waals surface area contributed by atoms with Gasteiger partial charge in [-0.25, -0.2) is 4.79 Å². The van der Waals surface area contributed by atoms with Crippen molar-refractivity contribution in [2.24, 2.45) is 0 Å². The van der Waals surface area contributed by atoms with E-state index in [1.807, 2.05) is 0 Å². The minimum atomic E-state index is -5.25. The van der Waals surface area contributed by atoms with Crippen molar-refractivity contribution >= 4 is 39.9 Å². The smallest absolute Gasteiger partial charge is 0.471 e. The molecule has 13 nitrogen and oxygen atoms in total. The number of fused-ring (bicyclic) bond motifs is 3. The van der Waals surface area contributed by atoms with Crippen LogP contribution in [0.5, 0.6) is 11.5 Å². The molecule has 17 heteroatoms. The number of alkyl halides is 3. The van der Waals surface area contributed by atoms with Gasteiger partial charge in [-0.2, -0.15) is 13.2 Å². The summed E-state index contributed by atoms with van der Waals surface area (Å²) < 4.78 is 56.1. The zero-order valence-corrected chi connectivity index (χ0v) is 26.3. The maximum atomic E-state index is 13.6. The molecule has 1 unspecified atom stereocenters. The number of ether oxygens (including phenoxy) is 3.